The molecule has 2 radical (unpaired) electrons. The van der Waals surface area contributed by atoms with Gasteiger partial charge in [-0.1, -0.05) is 66.9 Å². The molecule has 5 aromatic rings. The molecule has 168 valence electrons. The van der Waals surface area contributed by atoms with Crippen LogP contribution in [0, 0.1) is 28.7 Å². The second-order valence-electron chi connectivity index (χ2n) is 8.31. The molecule has 1 aliphatic carbocycles. The Morgan fingerprint density at radius 3 is 2.09 bits per heavy atom. The molecule has 1 aliphatic rings. The van der Waals surface area contributed by atoms with E-state index in [1.165, 1.54) is 86.4 Å². The molecule has 0 N–H and O–H groups in total. The van der Waals surface area contributed by atoms with Crippen LogP contribution in [-0.2, 0) is 36.2 Å². The van der Waals surface area contributed by atoms with Gasteiger partial charge in [-0.25, -0.2) is 0 Å². The van der Waals surface area contributed by atoms with E-state index < -0.39 is 0 Å². The fourth-order valence-electron chi connectivity index (χ4n) is 4.81. The predicted octanol–water partition coefficient (Wildman–Crippen LogP) is 8.41. The van der Waals surface area contributed by atoms with Crippen molar-refractivity contribution in [3.8, 4) is 11.1 Å². The van der Waals surface area contributed by atoms with E-state index >= 15 is 0 Å². The Balaban J connectivity index is 0.000000236. The molecule has 0 saturated heterocycles. The molecule has 0 unspecified atom stereocenters. The molecule has 0 nitrogen and oxygen atoms in total. The van der Waals surface area contributed by atoms with E-state index in [0.29, 0.717) is 0 Å². The van der Waals surface area contributed by atoms with Gasteiger partial charge in [0.15, 0.2) is 0 Å². The van der Waals surface area contributed by atoms with E-state index in [1.807, 2.05) is 0 Å². The quantitative estimate of drug-likeness (QED) is 0.153. The standard InChI is InChI=1S/C19H17.C10H9.2CH3.Si.Zr/c1-13-10-16-12-15-8-5-9-17(15)19(18(16)11-13)14-6-3-2-4-7-14;1-8-6-9-4-2-3-5-10(9)7-8;;;;/h2-4,6-7,10-12H,5,8-9H2,1H3;2-7H,1H3;2*1H3;;/q4*-1;;. The third kappa shape index (κ3) is 5.92. The summed E-state index contributed by atoms with van der Waals surface area (Å²) in [5.41, 5.74) is 8.73. The van der Waals surface area contributed by atoms with Crippen molar-refractivity contribution >= 4 is 28.4 Å². The summed E-state index contributed by atoms with van der Waals surface area (Å²) in [4.78, 5) is 0. The molecule has 6 rings (SSSR count). The number of hydrogen-bond donors (Lipinski definition) is 0. The fourth-order valence-corrected chi connectivity index (χ4v) is 4.81. The van der Waals surface area contributed by atoms with Crippen molar-refractivity contribution in [2.45, 2.75) is 33.1 Å². The summed E-state index contributed by atoms with van der Waals surface area (Å²) in [6, 6.07) is 30.8. The zero-order chi connectivity index (χ0) is 21.8. The van der Waals surface area contributed by atoms with Gasteiger partial charge in [0.25, 0.3) is 0 Å². The number of rotatable bonds is 1. The van der Waals surface area contributed by atoms with Gasteiger partial charge in [0.1, 0.15) is 0 Å². The van der Waals surface area contributed by atoms with Gasteiger partial charge in [0, 0.05) is 0 Å². The zero-order valence-corrected chi connectivity index (χ0v) is 23.7. The number of hydrogen-bond acceptors (Lipinski definition) is 0. The fraction of sp³-hybridized carbons (Fsp3) is 0.161. The molecule has 0 aliphatic heterocycles. The first kappa shape index (κ1) is 27.2. The van der Waals surface area contributed by atoms with Crippen molar-refractivity contribution in [2.24, 2.45) is 0 Å². The average Bonchev–Trinajstić information content (AvgIpc) is 3.50. The van der Waals surface area contributed by atoms with Crippen molar-refractivity contribution in [3.05, 3.63) is 122 Å². The Labute approximate surface area is 217 Å². The van der Waals surface area contributed by atoms with Crippen LogP contribution in [0.4, 0.5) is 0 Å². The van der Waals surface area contributed by atoms with E-state index in [9.17, 15) is 0 Å². The molecule has 0 bridgehead atoms. The van der Waals surface area contributed by atoms with Gasteiger partial charge in [-0.05, 0) is 24.8 Å². The van der Waals surface area contributed by atoms with Crippen LogP contribution in [0.1, 0.15) is 28.7 Å². The maximum atomic E-state index is 3.06. The van der Waals surface area contributed by atoms with Gasteiger partial charge < -0.3 is 14.9 Å². The maximum absolute atomic E-state index is 3.06. The zero-order valence-electron chi connectivity index (χ0n) is 20.2. The van der Waals surface area contributed by atoms with E-state index in [-0.39, 0.29) is 14.9 Å². The summed E-state index contributed by atoms with van der Waals surface area (Å²) in [7, 11) is 0. The summed E-state index contributed by atoms with van der Waals surface area (Å²) in [6.07, 6.45) is 3.79. The molecule has 0 spiro atoms. The Morgan fingerprint density at radius 1 is 0.727 bits per heavy atom. The van der Waals surface area contributed by atoms with Gasteiger partial charge >= 0.3 is 30.2 Å². The van der Waals surface area contributed by atoms with E-state index in [4.69, 9.17) is 0 Å². The molecule has 5 aromatic carbocycles. The molecule has 0 heterocycles. The monoisotopic (exact) mass is 522 g/mol. The van der Waals surface area contributed by atoms with Crippen LogP contribution in [0.2, 0.25) is 0 Å². The Hall–Kier alpha value is -2.02. The predicted molar refractivity (Wildman–Crippen MR) is 145 cm³/mol. The summed E-state index contributed by atoms with van der Waals surface area (Å²) in [6.45, 7) is 7.38. The summed E-state index contributed by atoms with van der Waals surface area (Å²) in [5.74, 6) is 0. The van der Waals surface area contributed by atoms with Crippen molar-refractivity contribution in [1.82, 2.24) is 0 Å². The summed E-state index contributed by atoms with van der Waals surface area (Å²) >= 11 is 1.36. The molecule has 0 fully saturated rings. The van der Waals surface area contributed by atoms with Crippen LogP contribution in [0.3, 0.4) is 0 Å². The van der Waals surface area contributed by atoms with Crippen molar-refractivity contribution < 1.29 is 23.3 Å². The molecular formula is C31H32SiZr-4. The first-order valence-corrected chi connectivity index (χ1v) is 15.0. The third-order valence-corrected chi connectivity index (χ3v) is 6.05. The molecule has 0 aromatic heterocycles. The Morgan fingerprint density at radius 2 is 1.36 bits per heavy atom. The van der Waals surface area contributed by atoms with Crippen molar-refractivity contribution in [3.63, 3.8) is 0 Å². The van der Waals surface area contributed by atoms with Gasteiger partial charge in [-0.15, -0.1) is 69.1 Å². The Kier molecular flexibility index (Phi) is 10.3. The van der Waals surface area contributed by atoms with Crippen molar-refractivity contribution in [2.75, 3.05) is 0 Å². The second-order valence-corrected chi connectivity index (χ2v) is 8.31. The van der Waals surface area contributed by atoms with Crippen LogP contribution in [0.5, 0.6) is 0 Å². The molecule has 0 atom stereocenters. The Bertz CT molecular complexity index is 1270. The van der Waals surface area contributed by atoms with Gasteiger partial charge in [0.05, 0.1) is 0 Å². The van der Waals surface area contributed by atoms with Gasteiger partial charge in [0.2, 0.25) is 0 Å². The minimum atomic E-state index is 0. The SMILES string of the molecule is Cc1cc2c(-c3ccccc3)c3c(cc2[cH-]1)CCC3.Cc1cc2ccccc2[cH-]1.[CH3-].[CH3-].[Si]=[Zr]. The van der Waals surface area contributed by atoms with Gasteiger partial charge in [-0.3, -0.25) is 0 Å². The first-order valence-electron chi connectivity index (χ1n) is 10.8. The van der Waals surface area contributed by atoms with Gasteiger partial charge in [-0.2, -0.15) is 12.1 Å². The average molecular weight is 524 g/mol. The van der Waals surface area contributed by atoms with E-state index in [0.717, 1.165) is 0 Å². The topological polar surface area (TPSA) is 0 Å². The normalized spacial score (nSPS) is 11.3. The number of aryl methyl sites for hydroxylation is 3. The van der Waals surface area contributed by atoms with Crippen LogP contribution in [0.15, 0.2) is 84.9 Å². The summed E-state index contributed by atoms with van der Waals surface area (Å²) in [5, 5.41) is 5.54. The number of benzene rings is 3. The second kappa shape index (κ2) is 12.4. The molecule has 0 amide bonds. The van der Waals surface area contributed by atoms with Crippen LogP contribution < -0.4 is 0 Å². The van der Waals surface area contributed by atoms with Crippen molar-refractivity contribution in [1.29, 1.82) is 0 Å². The third-order valence-electron chi connectivity index (χ3n) is 6.05. The molecule has 0 saturated carbocycles. The van der Waals surface area contributed by atoms with E-state index in [2.05, 4.69) is 106 Å². The van der Waals surface area contributed by atoms with Crippen LogP contribution >= 0.6 is 0 Å². The van der Waals surface area contributed by atoms with Crippen LogP contribution in [0.25, 0.3) is 32.7 Å². The molecule has 33 heavy (non-hydrogen) atoms. The molecule has 2 heteroatoms. The number of fused-ring (bicyclic) bond motifs is 3. The summed E-state index contributed by atoms with van der Waals surface area (Å²) < 4.78 is 0. The minimum absolute atomic E-state index is 0. The van der Waals surface area contributed by atoms with Crippen LogP contribution in [-0.4, -0.2) is 6.88 Å². The molecular weight excluding hydrogens is 492 g/mol. The first-order chi connectivity index (χ1) is 15.2. The van der Waals surface area contributed by atoms with E-state index in [1.54, 1.807) is 11.1 Å².